The molecule has 242 valence electrons. The Morgan fingerprint density at radius 1 is 1.20 bits per heavy atom. The van der Waals surface area contributed by atoms with E-state index in [0.717, 1.165) is 13.1 Å². The summed E-state index contributed by atoms with van der Waals surface area (Å²) < 4.78 is 23.1. The summed E-state index contributed by atoms with van der Waals surface area (Å²) >= 11 is 12.4. The first-order valence-electron chi connectivity index (χ1n) is 14.5. The molecule has 2 amide bonds. The molecular formula is C30H31Cl2FN8O5. The number of aryl methyl sites for hydroxylation is 1. The van der Waals surface area contributed by atoms with Crippen LogP contribution in [-0.2, 0) is 23.1 Å². The number of hydrogen-bond acceptors (Lipinski definition) is 9. The molecule has 2 fully saturated rings. The highest BCUT2D eigenvalue weighted by molar-refractivity contribution is 6.34. The second-order valence-corrected chi connectivity index (χ2v) is 12.3. The van der Waals surface area contributed by atoms with E-state index < -0.39 is 29.1 Å². The van der Waals surface area contributed by atoms with Gasteiger partial charge in [0.25, 0.3) is 11.5 Å². The Morgan fingerprint density at radius 2 is 1.93 bits per heavy atom. The first kappa shape index (κ1) is 31.7. The number of nitrogens with zero attached hydrogens (tertiary/aromatic N) is 6. The van der Waals surface area contributed by atoms with Gasteiger partial charge in [0.1, 0.15) is 34.6 Å². The molecule has 2 saturated heterocycles. The number of fused-ring (bicyclic) bond motifs is 1. The largest absolute Gasteiger partial charge is 0.506 e. The van der Waals surface area contributed by atoms with Crippen molar-refractivity contribution in [2.24, 2.45) is 12.8 Å². The summed E-state index contributed by atoms with van der Waals surface area (Å²) in [6, 6.07) is 4.64. The van der Waals surface area contributed by atoms with E-state index in [0.29, 0.717) is 48.6 Å². The van der Waals surface area contributed by atoms with Crippen molar-refractivity contribution in [3.05, 3.63) is 62.1 Å². The second kappa shape index (κ2) is 12.2. The Kier molecular flexibility index (Phi) is 8.40. The lowest BCUT2D eigenvalue weighted by molar-refractivity contribution is -0.116. The maximum absolute atomic E-state index is 15.0. The SMILES string of the molecule is Cc1nc2c(c(-c3cc(Cl)c(O)c(C(N)=O)c3)cn2CC(=O)Nc2cc(N3CCN(C4COC4)C[C@@H]3C)nc(F)c2Cl)c(=O)n1C. The van der Waals surface area contributed by atoms with Gasteiger partial charge < -0.3 is 30.4 Å². The average Bonchev–Trinajstić information content (AvgIpc) is 3.32. The molecule has 0 radical (unpaired) electrons. The average molecular weight is 674 g/mol. The van der Waals surface area contributed by atoms with Crippen LogP contribution in [-0.4, -0.2) is 85.9 Å². The van der Waals surface area contributed by atoms with Crippen LogP contribution in [0.25, 0.3) is 22.2 Å². The lowest BCUT2D eigenvalue weighted by Crippen LogP contribution is -2.59. The highest BCUT2D eigenvalue weighted by Crippen LogP contribution is 2.36. The molecule has 4 aromatic rings. The third kappa shape index (κ3) is 5.66. The topological polar surface area (TPSA) is 161 Å². The van der Waals surface area contributed by atoms with Crippen LogP contribution in [0.2, 0.25) is 10.0 Å². The summed E-state index contributed by atoms with van der Waals surface area (Å²) in [5.41, 5.74) is 5.61. The van der Waals surface area contributed by atoms with Crippen LogP contribution in [0, 0.1) is 12.9 Å². The van der Waals surface area contributed by atoms with Crippen molar-refractivity contribution in [1.29, 1.82) is 0 Å². The Morgan fingerprint density at radius 3 is 2.59 bits per heavy atom. The number of primary amides is 1. The summed E-state index contributed by atoms with van der Waals surface area (Å²) in [6.07, 6.45) is 1.51. The maximum Gasteiger partial charge on any atom is 0.263 e. The molecule has 0 aliphatic carbocycles. The second-order valence-electron chi connectivity index (χ2n) is 11.5. The molecule has 1 aromatic carbocycles. The van der Waals surface area contributed by atoms with Gasteiger partial charge in [-0.1, -0.05) is 23.2 Å². The Hall–Kier alpha value is -4.24. The quantitative estimate of drug-likeness (QED) is 0.251. The van der Waals surface area contributed by atoms with E-state index in [9.17, 15) is 23.9 Å². The van der Waals surface area contributed by atoms with Gasteiger partial charge in [-0.3, -0.25) is 23.9 Å². The number of amides is 2. The monoisotopic (exact) mass is 672 g/mol. The van der Waals surface area contributed by atoms with Gasteiger partial charge in [-0.2, -0.15) is 4.39 Å². The van der Waals surface area contributed by atoms with Crippen LogP contribution in [0.5, 0.6) is 5.75 Å². The minimum absolute atomic E-state index is 0.0241. The molecule has 0 saturated carbocycles. The van der Waals surface area contributed by atoms with Gasteiger partial charge in [-0.05, 0) is 31.5 Å². The van der Waals surface area contributed by atoms with E-state index in [1.165, 1.54) is 27.5 Å². The minimum atomic E-state index is -0.920. The molecule has 0 unspecified atom stereocenters. The zero-order valence-electron chi connectivity index (χ0n) is 25.2. The fraction of sp³-hybridized carbons (Fsp3) is 0.367. The number of pyridine rings is 1. The summed E-state index contributed by atoms with van der Waals surface area (Å²) in [5.74, 6) is -2.18. The predicted molar refractivity (Wildman–Crippen MR) is 171 cm³/mol. The zero-order valence-corrected chi connectivity index (χ0v) is 26.7. The Balaban J connectivity index is 1.32. The Labute approximate surface area is 272 Å². The third-order valence-electron chi connectivity index (χ3n) is 8.54. The van der Waals surface area contributed by atoms with Gasteiger partial charge in [-0.25, -0.2) is 9.97 Å². The summed E-state index contributed by atoms with van der Waals surface area (Å²) in [5, 5.41) is 12.6. The molecule has 4 N–H and O–H groups in total. The molecule has 6 rings (SSSR count). The Bertz CT molecular complexity index is 1960. The van der Waals surface area contributed by atoms with Gasteiger partial charge in [0.05, 0.1) is 40.9 Å². The van der Waals surface area contributed by atoms with Gasteiger partial charge in [0, 0.05) is 50.6 Å². The number of phenols is 1. The first-order valence-corrected chi connectivity index (χ1v) is 15.2. The lowest BCUT2D eigenvalue weighted by Gasteiger charge is -2.46. The fourth-order valence-electron chi connectivity index (χ4n) is 5.86. The molecular weight excluding hydrogens is 642 g/mol. The minimum Gasteiger partial charge on any atom is -0.506 e. The van der Waals surface area contributed by atoms with Crippen molar-refractivity contribution in [1.82, 2.24) is 24.0 Å². The van der Waals surface area contributed by atoms with Crippen LogP contribution in [0.4, 0.5) is 15.9 Å². The normalized spacial score (nSPS) is 17.3. The number of carbonyl (C=O) groups is 2. The van der Waals surface area contributed by atoms with Gasteiger partial charge in [0.2, 0.25) is 11.9 Å². The van der Waals surface area contributed by atoms with Crippen molar-refractivity contribution in [3.8, 4) is 16.9 Å². The van der Waals surface area contributed by atoms with E-state index >= 15 is 0 Å². The van der Waals surface area contributed by atoms with Crippen molar-refractivity contribution in [2.75, 3.05) is 43.1 Å². The van der Waals surface area contributed by atoms with Crippen molar-refractivity contribution < 1.29 is 23.8 Å². The molecule has 3 aromatic heterocycles. The molecule has 0 spiro atoms. The number of benzene rings is 1. The third-order valence-corrected chi connectivity index (χ3v) is 9.19. The van der Waals surface area contributed by atoms with Crippen LogP contribution in [0.1, 0.15) is 23.1 Å². The zero-order chi connectivity index (χ0) is 33.0. The van der Waals surface area contributed by atoms with Gasteiger partial charge >= 0.3 is 0 Å². The lowest BCUT2D eigenvalue weighted by atomic mass is 10.0. The number of ether oxygens (including phenoxy) is 1. The number of carbonyl (C=O) groups excluding carboxylic acids is 2. The van der Waals surface area contributed by atoms with E-state index in [2.05, 4.69) is 20.2 Å². The number of hydrogen-bond donors (Lipinski definition) is 3. The van der Waals surface area contributed by atoms with Crippen molar-refractivity contribution in [3.63, 3.8) is 0 Å². The molecule has 16 heteroatoms. The van der Waals surface area contributed by atoms with Crippen LogP contribution < -0.4 is 21.5 Å². The number of nitrogens with two attached hydrogens (primary N) is 1. The van der Waals surface area contributed by atoms with E-state index in [-0.39, 0.29) is 44.9 Å². The van der Waals surface area contributed by atoms with Crippen LogP contribution in [0.3, 0.4) is 0 Å². The number of aromatic hydroxyl groups is 1. The number of nitrogens with one attached hydrogen (secondary N) is 1. The molecule has 5 heterocycles. The molecule has 2 aliphatic rings. The highest BCUT2D eigenvalue weighted by Gasteiger charge is 2.33. The van der Waals surface area contributed by atoms with Gasteiger partial charge in [-0.15, -0.1) is 0 Å². The molecule has 13 nitrogen and oxygen atoms in total. The van der Waals surface area contributed by atoms with Crippen molar-refractivity contribution in [2.45, 2.75) is 32.5 Å². The molecule has 2 aliphatic heterocycles. The van der Waals surface area contributed by atoms with E-state index in [1.54, 1.807) is 20.0 Å². The standard InChI is InChI=1S/C30H31Cl2FN8O5/c1-14-9-39(17-12-46-13-17)4-5-41(14)22-8-21(25(32)27(33)37-22)36-23(42)11-40-10-19(24-29(40)35-15(2)38(3)30(24)45)16-6-18(28(34)44)26(43)20(31)7-16/h6-8,10,14,17,43H,4-5,9,11-13H2,1-3H3,(H2,34,44)(H,36,37,42)/t14-/m0/s1. The van der Waals surface area contributed by atoms with Gasteiger partial charge in [0.15, 0.2) is 0 Å². The smallest absolute Gasteiger partial charge is 0.263 e. The summed E-state index contributed by atoms with van der Waals surface area (Å²) in [7, 11) is 1.55. The number of aromatic nitrogens is 4. The predicted octanol–water partition coefficient (Wildman–Crippen LogP) is 2.90. The van der Waals surface area contributed by atoms with E-state index in [1.807, 2.05) is 11.8 Å². The maximum atomic E-state index is 15.0. The van der Waals surface area contributed by atoms with Crippen LogP contribution >= 0.6 is 23.2 Å². The first-order chi connectivity index (χ1) is 21.8. The summed E-state index contributed by atoms with van der Waals surface area (Å²) in [4.78, 5) is 51.8. The summed E-state index contributed by atoms with van der Waals surface area (Å²) in [6.45, 7) is 6.86. The molecule has 1 atom stereocenters. The number of piperazine rings is 1. The number of anilines is 2. The van der Waals surface area contributed by atoms with E-state index in [4.69, 9.17) is 33.7 Å². The van der Waals surface area contributed by atoms with Crippen molar-refractivity contribution >= 4 is 57.6 Å². The molecule has 46 heavy (non-hydrogen) atoms. The molecule has 0 bridgehead atoms. The fourth-order valence-corrected chi connectivity index (χ4v) is 6.22. The number of rotatable bonds is 7. The number of halogens is 3. The highest BCUT2D eigenvalue weighted by atomic mass is 35.5. The van der Waals surface area contributed by atoms with Crippen LogP contribution in [0.15, 0.2) is 29.2 Å².